The molecule has 0 bridgehead atoms. The lowest BCUT2D eigenvalue weighted by molar-refractivity contribution is -0.113. The van der Waals surface area contributed by atoms with Crippen molar-refractivity contribution >= 4 is 35.3 Å². The first-order chi connectivity index (χ1) is 13.5. The van der Waals surface area contributed by atoms with Gasteiger partial charge in [-0.1, -0.05) is 18.2 Å². The average Bonchev–Trinajstić information content (AvgIpc) is 2.69. The van der Waals surface area contributed by atoms with Crippen LogP contribution in [-0.4, -0.2) is 23.0 Å². The van der Waals surface area contributed by atoms with Gasteiger partial charge in [-0.2, -0.15) is 0 Å². The van der Waals surface area contributed by atoms with Crippen molar-refractivity contribution in [3.63, 3.8) is 0 Å². The Labute approximate surface area is 169 Å². The number of anilines is 1. The molecule has 3 aromatic rings. The highest BCUT2D eigenvalue weighted by Gasteiger charge is 2.05. The molecule has 0 atom stereocenters. The second kappa shape index (κ2) is 9.24. The maximum absolute atomic E-state index is 12.2. The minimum atomic E-state index is -0.0325. The number of amides is 1. The maximum atomic E-state index is 12.2. The quantitative estimate of drug-likeness (QED) is 0.432. The molecule has 0 radical (unpaired) electrons. The Morgan fingerprint density at radius 3 is 2.50 bits per heavy atom. The fourth-order valence-corrected chi connectivity index (χ4v) is 3.23. The lowest BCUT2D eigenvalue weighted by Gasteiger charge is -2.07. The van der Waals surface area contributed by atoms with Crippen LogP contribution in [0.1, 0.15) is 16.7 Å². The van der Waals surface area contributed by atoms with E-state index in [-0.39, 0.29) is 11.7 Å². The van der Waals surface area contributed by atoms with Gasteiger partial charge in [-0.05, 0) is 73.5 Å². The van der Waals surface area contributed by atoms with Crippen LogP contribution in [0.2, 0.25) is 0 Å². The zero-order valence-corrected chi connectivity index (χ0v) is 16.7. The molecule has 0 aliphatic rings. The second-order valence-corrected chi connectivity index (χ2v) is 7.50. The molecule has 0 fully saturated rings. The van der Waals surface area contributed by atoms with Gasteiger partial charge in [-0.25, -0.2) is 0 Å². The number of nitrogens with zero attached hydrogens (tertiary/aromatic N) is 1. The van der Waals surface area contributed by atoms with Gasteiger partial charge in [-0.15, -0.1) is 11.8 Å². The van der Waals surface area contributed by atoms with E-state index in [0.29, 0.717) is 11.3 Å². The molecule has 0 spiro atoms. The van der Waals surface area contributed by atoms with Crippen LogP contribution in [0.15, 0.2) is 76.6 Å². The van der Waals surface area contributed by atoms with E-state index >= 15 is 0 Å². The number of para-hydroxylation sites is 1. The second-order valence-electron chi connectivity index (χ2n) is 6.45. The Balaban J connectivity index is 1.53. The van der Waals surface area contributed by atoms with Crippen molar-refractivity contribution in [1.29, 1.82) is 0 Å². The molecular weight excluding hydrogens is 368 g/mol. The third kappa shape index (κ3) is 5.47. The number of hydrogen-bond acceptors (Lipinski definition) is 4. The van der Waals surface area contributed by atoms with Crippen molar-refractivity contribution in [2.75, 3.05) is 11.1 Å². The van der Waals surface area contributed by atoms with Gasteiger partial charge in [0.25, 0.3) is 0 Å². The van der Waals surface area contributed by atoms with Gasteiger partial charge in [0.1, 0.15) is 5.75 Å². The predicted molar refractivity (Wildman–Crippen MR) is 117 cm³/mol. The number of aromatic hydroxyl groups is 1. The van der Waals surface area contributed by atoms with Crippen molar-refractivity contribution in [3.05, 3.63) is 83.4 Å². The number of nitrogens with one attached hydrogen (secondary N) is 1. The monoisotopic (exact) mass is 390 g/mol. The number of aliphatic imine (C=N–C) groups is 1. The topological polar surface area (TPSA) is 61.7 Å². The number of hydrogen-bond donors (Lipinski definition) is 2. The predicted octanol–water partition coefficient (Wildman–Crippen LogP) is 5.49. The summed E-state index contributed by atoms with van der Waals surface area (Å²) in [5.74, 6) is 0.510. The normalized spacial score (nSPS) is 10.9. The number of phenols is 1. The molecule has 0 saturated carbocycles. The van der Waals surface area contributed by atoms with Gasteiger partial charge in [0.2, 0.25) is 5.91 Å². The molecule has 2 N–H and O–H groups in total. The molecule has 0 aliphatic heterocycles. The number of carbonyl (C=O) groups excluding carboxylic acids is 1. The van der Waals surface area contributed by atoms with E-state index in [0.717, 1.165) is 21.8 Å². The molecule has 3 aromatic carbocycles. The van der Waals surface area contributed by atoms with E-state index in [4.69, 9.17) is 0 Å². The third-order valence-electron chi connectivity index (χ3n) is 4.29. The Morgan fingerprint density at radius 1 is 1.04 bits per heavy atom. The molecule has 0 aliphatic carbocycles. The number of benzene rings is 3. The van der Waals surface area contributed by atoms with Gasteiger partial charge in [-0.3, -0.25) is 9.79 Å². The van der Waals surface area contributed by atoms with E-state index in [9.17, 15) is 9.90 Å². The summed E-state index contributed by atoms with van der Waals surface area (Å²) >= 11 is 1.48. The summed E-state index contributed by atoms with van der Waals surface area (Å²) < 4.78 is 0. The van der Waals surface area contributed by atoms with Gasteiger partial charge < -0.3 is 10.4 Å². The van der Waals surface area contributed by atoms with Crippen molar-refractivity contribution in [2.45, 2.75) is 18.7 Å². The van der Waals surface area contributed by atoms with Crippen LogP contribution in [0.4, 0.5) is 11.4 Å². The van der Waals surface area contributed by atoms with E-state index in [1.54, 1.807) is 24.4 Å². The van der Waals surface area contributed by atoms with E-state index in [1.165, 1.54) is 17.3 Å². The molecule has 0 saturated heterocycles. The summed E-state index contributed by atoms with van der Waals surface area (Å²) in [7, 11) is 0. The molecule has 0 unspecified atom stereocenters. The smallest absolute Gasteiger partial charge is 0.234 e. The van der Waals surface area contributed by atoms with Gasteiger partial charge in [0, 0.05) is 22.4 Å². The van der Waals surface area contributed by atoms with E-state index in [2.05, 4.69) is 10.3 Å². The first kappa shape index (κ1) is 19.7. The lowest BCUT2D eigenvalue weighted by Crippen LogP contribution is -2.14. The number of phenolic OH excluding ortho intramolecular Hbond substituents is 1. The van der Waals surface area contributed by atoms with Crippen LogP contribution >= 0.6 is 11.8 Å². The van der Waals surface area contributed by atoms with Crippen LogP contribution in [0, 0.1) is 13.8 Å². The molecule has 4 nitrogen and oxygen atoms in total. The summed E-state index contributed by atoms with van der Waals surface area (Å²) in [6.45, 7) is 4.08. The standard InChI is InChI=1S/C23H22N2O2S/c1-16-7-8-20(13-17(16)2)25-23(27)15-28-21-11-9-19(10-12-21)24-14-18-5-3-4-6-22(18)26/h3-14,26H,15H2,1-2H3,(H,25,27). The van der Waals surface area contributed by atoms with Crippen LogP contribution in [0.5, 0.6) is 5.75 Å². The van der Waals surface area contributed by atoms with Gasteiger partial charge in [0.15, 0.2) is 0 Å². The lowest BCUT2D eigenvalue weighted by atomic mass is 10.1. The average molecular weight is 391 g/mol. The first-order valence-electron chi connectivity index (χ1n) is 8.93. The van der Waals surface area contributed by atoms with Crippen molar-refractivity contribution in [2.24, 2.45) is 4.99 Å². The Morgan fingerprint density at radius 2 is 1.79 bits per heavy atom. The van der Waals surface area contributed by atoms with Crippen molar-refractivity contribution in [1.82, 2.24) is 0 Å². The number of thioether (sulfide) groups is 1. The van der Waals surface area contributed by atoms with Crippen LogP contribution in [0.3, 0.4) is 0 Å². The summed E-state index contributed by atoms with van der Waals surface area (Å²) in [6, 6.07) is 20.6. The minimum absolute atomic E-state index is 0.0325. The highest BCUT2D eigenvalue weighted by Crippen LogP contribution is 2.23. The Kier molecular flexibility index (Phi) is 6.50. The van der Waals surface area contributed by atoms with Crippen LogP contribution in [-0.2, 0) is 4.79 Å². The summed E-state index contributed by atoms with van der Waals surface area (Å²) in [6.07, 6.45) is 1.63. The maximum Gasteiger partial charge on any atom is 0.234 e. The molecule has 5 heteroatoms. The molecule has 142 valence electrons. The Hall–Kier alpha value is -3.05. The first-order valence-corrected chi connectivity index (χ1v) is 9.92. The van der Waals surface area contributed by atoms with Crippen LogP contribution < -0.4 is 5.32 Å². The number of aryl methyl sites for hydroxylation is 2. The van der Waals surface area contributed by atoms with Crippen molar-refractivity contribution in [3.8, 4) is 5.75 Å². The number of carbonyl (C=O) groups is 1. The van der Waals surface area contributed by atoms with E-state index < -0.39 is 0 Å². The summed E-state index contributed by atoms with van der Waals surface area (Å²) in [5.41, 5.74) is 4.64. The van der Waals surface area contributed by atoms with Crippen molar-refractivity contribution < 1.29 is 9.90 Å². The minimum Gasteiger partial charge on any atom is -0.507 e. The summed E-state index contributed by atoms with van der Waals surface area (Å²) in [4.78, 5) is 17.5. The van der Waals surface area contributed by atoms with Crippen LogP contribution in [0.25, 0.3) is 0 Å². The fourth-order valence-electron chi connectivity index (χ4n) is 2.53. The van der Waals surface area contributed by atoms with Gasteiger partial charge >= 0.3 is 0 Å². The molecule has 3 rings (SSSR count). The number of rotatable bonds is 6. The SMILES string of the molecule is Cc1ccc(NC(=O)CSc2ccc(N=Cc3ccccc3O)cc2)cc1C. The molecule has 0 heterocycles. The fraction of sp³-hybridized carbons (Fsp3) is 0.130. The largest absolute Gasteiger partial charge is 0.507 e. The summed E-state index contributed by atoms with van der Waals surface area (Å²) in [5, 5.41) is 12.7. The molecule has 0 aromatic heterocycles. The molecule has 28 heavy (non-hydrogen) atoms. The zero-order valence-electron chi connectivity index (χ0n) is 15.8. The van der Waals surface area contributed by atoms with Gasteiger partial charge in [0.05, 0.1) is 11.4 Å². The highest BCUT2D eigenvalue weighted by molar-refractivity contribution is 8.00. The molecular formula is C23H22N2O2S. The highest BCUT2D eigenvalue weighted by atomic mass is 32.2. The van der Waals surface area contributed by atoms with E-state index in [1.807, 2.05) is 62.4 Å². The zero-order chi connectivity index (χ0) is 19.9. The Bertz CT molecular complexity index is 998. The third-order valence-corrected chi connectivity index (χ3v) is 5.30. The molecule has 1 amide bonds.